The molecule has 4 heteroatoms. The first-order valence-electron chi connectivity index (χ1n) is 7.78. The summed E-state index contributed by atoms with van der Waals surface area (Å²) in [6.07, 6.45) is 5.80. The van der Waals surface area contributed by atoms with Crippen molar-refractivity contribution >= 4 is 11.3 Å². The van der Waals surface area contributed by atoms with Crippen molar-refractivity contribution in [3.8, 4) is 10.6 Å². The van der Waals surface area contributed by atoms with E-state index >= 15 is 0 Å². The molecule has 0 saturated carbocycles. The van der Waals surface area contributed by atoms with E-state index in [1.54, 1.807) is 0 Å². The minimum Gasteiger partial charge on any atom is -0.312 e. The average Bonchev–Trinajstić information content (AvgIpc) is 2.90. The zero-order valence-corrected chi connectivity index (χ0v) is 14.3. The quantitative estimate of drug-likeness (QED) is 0.837. The van der Waals surface area contributed by atoms with E-state index in [4.69, 9.17) is 4.98 Å². The van der Waals surface area contributed by atoms with Gasteiger partial charge in [-0.25, -0.2) is 4.98 Å². The molecule has 1 N–H and O–H groups in total. The zero-order chi connectivity index (χ0) is 15.2. The smallest absolute Gasteiger partial charge is 0.124 e. The first-order chi connectivity index (χ1) is 10.2. The van der Waals surface area contributed by atoms with E-state index < -0.39 is 0 Å². The number of nitrogens with zero attached hydrogens (tertiary/aromatic N) is 2. The van der Waals surface area contributed by atoms with Gasteiger partial charge in [0.05, 0.1) is 5.69 Å². The van der Waals surface area contributed by atoms with Gasteiger partial charge < -0.3 is 5.32 Å². The number of nitrogens with one attached hydrogen (secondary N) is 1. The molecule has 3 nitrogen and oxygen atoms in total. The van der Waals surface area contributed by atoms with E-state index in [-0.39, 0.29) is 0 Å². The monoisotopic (exact) mass is 303 g/mol. The summed E-state index contributed by atoms with van der Waals surface area (Å²) in [7, 11) is 0. The first kappa shape index (κ1) is 16.1. The number of hydrogen-bond acceptors (Lipinski definition) is 4. The third-order valence-corrected chi connectivity index (χ3v) is 4.60. The van der Waals surface area contributed by atoms with Crippen LogP contribution in [0, 0.1) is 5.92 Å². The van der Waals surface area contributed by atoms with Gasteiger partial charge in [-0.2, -0.15) is 0 Å². The van der Waals surface area contributed by atoms with Crippen LogP contribution >= 0.6 is 11.3 Å². The van der Waals surface area contributed by atoms with Gasteiger partial charge in [-0.1, -0.05) is 27.7 Å². The maximum absolute atomic E-state index is 4.86. The van der Waals surface area contributed by atoms with Crippen LogP contribution in [0.4, 0.5) is 0 Å². The van der Waals surface area contributed by atoms with Crippen LogP contribution in [0.2, 0.25) is 0 Å². The molecular formula is C17H25N3S. The molecule has 0 fully saturated rings. The highest BCUT2D eigenvalue weighted by Gasteiger charge is 2.13. The lowest BCUT2D eigenvalue weighted by atomic mass is 10.1. The molecule has 21 heavy (non-hydrogen) atoms. The van der Waals surface area contributed by atoms with Crippen LogP contribution < -0.4 is 5.32 Å². The van der Waals surface area contributed by atoms with Crippen molar-refractivity contribution in [2.45, 2.75) is 47.1 Å². The summed E-state index contributed by atoms with van der Waals surface area (Å²) in [5, 5.41) is 4.66. The molecule has 0 bridgehead atoms. The van der Waals surface area contributed by atoms with Crippen molar-refractivity contribution < 1.29 is 0 Å². The Labute approximate surface area is 131 Å². The van der Waals surface area contributed by atoms with E-state index in [1.807, 2.05) is 23.7 Å². The van der Waals surface area contributed by atoms with Crippen LogP contribution in [0.1, 0.15) is 43.8 Å². The second-order valence-corrected chi connectivity index (χ2v) is 6.74. The van der Waals surface area contributed by atoms with Crippen LogP contribution in [0.15, 0.2) is 18.5 Å². The third-order valence-electron chi connectivity index (χ3n) is 3.47. The Bertz CT molecular complexity index is 575. The van der Waals surface area contributed by atoms with E-state index in [0.717, 1.165) is 30.9 Å². The minimum absolute atomic E-state index is 0.675. The highest BCUT2D eigenvalue weighted by Crippen LogP contribution is 2.30. The van der Waals surface area contributed by atoms with Crippen LogP contribution in [0.3, 0.4) is 0 Å². The van der Waals surface area contributed by atoms with E-state index in [9.17, 15) is 0 Å². The van der Waals surface area contributed by atoms with Crippen LogP contribution in [-0.2, 0) is 19.4 Å². The molecule has 2 aromatic rings. The molecule has 0 aliphatic carbocycles. The summed E-state index contributed by atoms with van der Waals surface area (Å²) in [5.41, 5.74) is 3.74. The van der Waals surface area contributed by atoms with E-state index in [1.165, 1.54) is 21.7 Å². The van der Waals surface area contributed by atoms with Crippen molar-refractivity contribution in [1.82, 2.24) is 15.3 Å². The van der Waals surface area contributed by atoms with Crippen LogP contribution in [-0.4, -0.2) is 16.5 Å². The summed E-state index contributed by atoms with van der Waals surface area (Å²) < 4.78 is 0. The Morgan fingerprint density at radius 3 is 2.71 bits per heavy atom. The molecule has 2 aromatic heterocycles. The van der Waals surface area contributed by atoms with Gasteiger partial charge in [-0.05, 0) is 36.9 Å². The van der Waals surface area contributed by atoms with Crippen molar-refractivity contribution in [2.24, 2.45) is 5.92 Å². The molecule has 2 heterocycles. The first-order valence-corrected chi connectivity index (χ1v) is 8.59. The predicted octanol–water partition coefficient (Wildman–Crippen LogP) is 4.08. The summed E-state index contributed by atoms with van der Waals surface area (Å²) in [5.74, 6) is 0.675. The van der Waals surface area contributed by atoms with Gasteiger partial charge in [-0.15, -0.1) is 11.3 Å². The lowest BCUT2D eigenvalue weighted by molar-refractivity contribution is 0.553. The molecule has 0 spiro atoms. The van der Waals surface area contributed by atoms with Gasteiger partial charge in [0.2, 0.25) is 0 Å². The largest absolute Gasteiger partial charge is 0.312 e. The molecule has 0 atom stereocenters. The van der Waals surface area contributed by atoms with Crippen LogP contribution in [0.25, 0.3) is 10.6 Å². The molecule has 0 aliphatic heterocycles. The Morgan fingerprint density at radius 2 is 2.05 bits per heavy atom. The Hall–Kier alpha value is -1.26. The summed E-state index contributed by atoms with van der Waals surface area (Å²) >= 11 is 1.82. The van der Waals surface area contributed by atoms with Gasteiger partial charge in [0, 0.05) is 29.4 Å². The number of pyridine rings is 1. The fourth-order valence-electron chi connectivity index (χ4n) is 2.30. The minimum atomic E-state index is 0.675. The van der Waals surface area contributed by atoms with Gasteiger partial charge in [0.1, 0.15) is 5.01 Å². The lowest BCUT2D eigenvalue weighted by Crippen LogP contribution is -2.18. The predicted molar refractivity (Wildman–Crippen MR) is 90.6 cm³/mol. The standard InChI is InChI=1S/C17H25N3S/c1-5-13-10-18-8-7-14(13)17-20-15(6-2)16(21-17)11-19-9-12(3)4/h7-8,10,12,19H,5-6,9,11H2,1-4H3. The van der Waals surface area contributed by atoms with Crippen molar-refractivity contribution in [3.63, 3.8) is 0 Å². The fraction of sp³-hybridized carbons (Fsp3) is 0.529. The SMILES string of the molecule is CCc1cnccc1-c1nc(CC)c(CNCC(C)C)s1. The maximum Gasteiger partial charge on any atom is 0.124 e. The second-order valence-electron chi connectivity index (χ2n) is 5.65. The van der Waals surface area contributed by atoms with Crippen molar-refractivity contribution in [3.05, 3.63) is 34.6 Å². The molecule has 0 saturated heterocycles. The lowest BCUT2D eigenvalue weighted by Gasteiger charge is -2.06. The van der Waals surface area contributed by atoms with Gasteiger partial charge in [0.25, 0.3) is 0 Å². The number of aryl methyl sites for hydroxylation is 2. The molecule has 0 radical (unpaired) electrons. The highest BCUT2D eigenvalue weighted by atomic mass is 32.1. The molecule has 114 valence electrons. The topological polar surface area (TPSA) is 37.8 Å². The number of aromatic nitrogens is 2. The normalized spacial score (nSPS) is 11.3. The van der Waals surface area contributed by atoms with Crippen molar-refractivity contribution in [1.29, 1.82) is 0 Å². The van der Waals surface area contributed by atoms with E-state index in [0.29, 0.717) is 5.92 Å². The van der Waals surface area contributed by atoms with Crippen LogP contribution in [0.5, 0.6) is 0 Å². The second kappa shape index (κ2) is 7.66. The van der Waals surface area contributed by atoms with Crippen molar-refractivity contribution in [2.75, 3.05) is 6.54 Å². The summed E-state index contributed by atoms with van der Waals surface area (Å²) in [4.78, 5) is 10.4. The third kappa shape index (κ3) is 4.11. The molecule has 0 unspecified atom stereocenters. The maximum atomic E-state index is 4.86. The molecule has 2 rings (SSSR count). The molecular weight excluding hydrogens is 278 g/mol. The Morgan fingerprint density at radius 1 is 1.24 bits per heavy atom. The zero-order valence-electron chi connectivity index (χ0n) is 13.4. The summed E-state index contributed by atoms with van der Waals surface area (Å²) in [6.45, 7) is 10.8. The molecule has 0 aromatic carbocycles. The van der Waals surface area contributed by atoms with E-state index in [2.05, 4.69) is 44.1 Å². The van der Waals surface area contributed by atoms with Gasteiger partial charge in [-0.3, -0.25) is 4.98 Å². The molecule has 0 aliphatic rings. The average molecular weight is 303 g/mol. The number of thiazole rings is 1. The summed E-state index contributed by atoms with van der Waals surface area (Å²) in [6, 6.07) is 2.09. The Balaban J connectivity index is 2.23. The Kier molecular flexibility index (Phi) is 5.88. The number of hydrogen-bond donors (Lipinski definition) is 1. The van der Waals surface area contributed by atoms with Gasteiger partial charge >= 0.3 is 0 Å². The molecule has 0 amide bonds. The fourth-order valence-corrected chi connectivity index (χ4v) is 3.49. The highest BCUT2D eigenvalue weighted by molar-refractivity contribution is 7.15. The van der Waals surface area contributed by atoms with Gasteiger partial charge in [0.15, 0.2) is 0 Å². The number of rotatable bonds is 7.